The van der Waals surface area contributed by atoms with E-state index in [4.69, 9.17) is 16.3 Å². The molecule has 1 heterocycles. The Morgan fingerprint density at radius 1 is 1.07 bits per heavy atom. The van der Waals surface area contributed by atoms with Gasteiger partial charge in [-0.05, 0) is 67.8 Å². The van der Waals surface area contributed by atoms with Gasteiger partial charge in [0.1, 0.15) is 11.5 Å². The highest BCUT2D eigenvalue weighted by Gasteiger charge is 2.24. The van der Waals surface area contributed by atoms with Gasteiger partial charge in [-0.15, -0.1) is 0 Å². The molecule has 5 heteroatoms. The van der Waals surface area contributed by atoms with Gasteiger partial charge >= 0.3 is 0 Å². The van der Waals surface area contributed by atoms with Gasteiger partial charge in [0.05, 0.1) is 12.6 Å². The molecule has 3 aromatic rings. The van der Waals surface area contributed by atoms with Gasteiger partial charge in [-0.1, -0.05) is 25.4 Å². The Kier molecular flexibility index (Phi) is 6.43. The molecule has 0 aliphatic heterocycles. The van der Waals surface area contributed by atoms with E-state index in [2.05, 4.69) is 0 Å². The van der Waals surface area contributed by atoms with Crippen LogP contribution >= 0.6 is 11.6 Å². The molecule has 0 aliphatic rings. The molecule has 0 spiro atoms. The standard InChI is InChI=1S/C24H26ClNO3/c1-5-16(6-2)23(27)14-20-15(3)26(22-12-11-19(29-4)13-21(20)22)24(28)17-7-9-18(25)10-8-17/h7-13,16H,5-6,14H2,1-4H3. The molecular weight excluding hydrogens is 386 g/mol. The fraction of sp³-hybridized carbons (Fsp3) is 0.333. The second kappa shape index (κ2) is 8.83. The zero-order chi connectivity index (χ0) is 21.1. The van der Waals surface area contributed by atoms with Gasteiger partial charge in [0.25, 0.3) is 5.91 Å². The Balaban J connectivity index is 2.15. The number of aromatic nitrogens is 1. The number of benzene rings is 2. The summed E-state index contributed by atoms with van der Waals surface area (Å²) in [4.78, 5) is 26.2. The van der Waals surface area contributed by atoms with E-state index in [-0.39, 0.29) is 17.6 Å². The van der Waals surface area contributed by atoms with Gasteiger partial charge in [-0.25, -0.2) is 0 Å². The van der Waals surface area contributed by atoms with Crippen molar-refractivity contribution in [2.24, 2.45) is 5.92 Å². The summed E-state index contributed by atoms with van der Waals surface area (Å²) in [5.74, 6) is 0.796. The summed E-state index contributed by atoms with van der Waals surface area (Å²) in [6, 6.07) is 12.5. The molecule has 3 rings (SSSR count). The van der Waals surface area contributed by atoms with Crippen molar-refractivity contribution in [1.82, 2.24) is 4.57 Å². The highest BCUT2D eigenvalue weighted by molar-refractivity contribution is 6.30. The fourth-order valence-electron chi connectivity index (χ4n) is 3.86. The van der Waals surface area contributed by atoms with Crippen molar-refractivity contribution in [3.63, 3.8) is 0 Å². The minimum atomic E-state index is -0.143. The number of ether oxygens (including phenoxy) is 1. The van der Waals surface area contributed by atoms with Crippen LogP contribution in [0.25, 0.3) is 10.9 Å². The van der Waals surface area contributed by atoms with Crippen LogP contribution in [0.2, 0.25) is 5.02 Å². The van der Waals surface area contributed by atoms with Crippen molar-refractivity contribution in [2.45, 2.75) is 40.0 Å². The maximum Gasteiger partial charge on any atom is 0.262 e. The molecular formula is C24H26ClNO3. The van der Waals surface area contributed by atoms with Crippen molar-refractivity contribution < 1.29 is 14.3 Å². The van der Waals surface area contributed by atoms with E-state index in [0.29, 0.717) is 22.8 Å². The fourth-order valence-corrected chi connectivity index (χ4v) is 3.98. The molecule has 0 saturated heterocycles. The molecule has 2 aromatic carbocycles. The first-order chi connectivity index (χ1) is 13.9. The van der Waals surface area contributed by atoms with E-state index in [1.165, 1.54) is 0 Å². The van der Waals surface area contributed by atoms with Crippen LogP contribution < -0.4 is 4.74 Å². The van der Waals surface area contributed by atoms with Gasteiger partial charge in [-0.3, -0.25) is 14.2 Å². The first-order valence-corrected chi connectivity index (χ1v) is 10.3. The second-order valence-corrected chi connectivity index (χ2v) is 7.69. The molecule has 0 bridgehead atoms. The number of nitrogens with zero attached hydrogens (tertiary/aromatic N) is 1. The predicted octanol–water partition coefficient (Wildman–Crippen LogP) is 5.85. The van der Waals surface area contributed by atoms with E-state index in [1.54, 1.807) is 35.9 Å². The third-order valence-electron chi connectivity index (χ3n) is 5.63. The molecule has 0 amide bonds. The molecule has 4 nitrogen and oxygen atoms in total. The predicted molar refractivity (Wildman–Crippen MR) is 117 cm³/mol. The van der Waals surface area contributed by atoms with Gasteiger partial charge in [0.15, 0.2) is 0 Å². The highest BCUT2D eigenvalue weighted by atomic mass is 35.5. The number of Topliss-reactive ketones (excluding diaryl/α,β-unsaturated/α-hetero) is 1. The number of ketones is 1. The Hall–Kier alpha value is -2.59. The molecule has 29 heavy (non-hydrogen) atoms. The lowest BCUT2D eigenvalue weighted by Gasteiger charge is -2.11. The summed E-state index contributed by atoms with van der Waals surface area (Å²) in [7, 11) is 1.61. The molecule has 0 atom stereocenters. The Morgan fingerprint density at radius 3 is 2.31 bits per heavy atom. The SMILES string of the molecule is CCC(CC)C(=O)Cc1c(C)n(C(=O)c2ccc(Cl)cc2)c2ccc(OC)cc12. The number of halogens is 1. The van der Waals surface area contributed by atoms with Crippen molar-refractivity contribution in [3.8, 4) is 5.75 Å². The first-order valence-electron chi connectivity index (χ1n) is 9.92. The second-order valence-electron chi connectivity index (χ2n) is 7.25. The van der Waals surface area contributed by atoms with Crippen LogP contribution in [0.15, 0.2) is 42.5 Å². The number of rotatable bonds is 7. The van der Waals surface area contributed by atoms with Gasteiger partial charge in [0, 0.05) is 34.0 Å². The molecule has 0 N–H and O–H groups in total. The minimum absolute atomic E-state index is 0.0328. The third kappa shape index (κ3) is 4.08. The molecule has 0 aliphatic carbocycles. The van der Waals surface area contributed by atoms with Crippen molar-refractivity contribution in [2.75, 3.05) is 7.11 Å². The smallest absolute Gasteiger partial charge is 0.262 e. The van der Waals surface area contributed by atoms with Crippen LogP contribution in [0.1, 0.15) is 48.3 Å². The van der Waals surface area contributed by atoms with E-state index in [1.807, 2.05) is 39.0 Å². The van der Waals surface area contributed by atoms with Crippen molar-refractivity contribution in [1.29, 1.82) is 0 Å². The van der Waals surface area contributed by atoms with Crippen LogP contribution in [0, 0.1) is 12.8 Å². The van der Waals surface area contributed by atoms with Crippen molar-refractivity contribution in [3.05, 3.63) is 64.3 Å². The summed E-state index contributed by atoms with van der Waals surface area (Å²) in [5, 5.41) is 1.46. The number of hydrogen-bond acceptors (Lipinski definition) is 3. The molecule has 1 aromatic heterocycles. The normalized spacial score (nSPS) is 11.2. The molecule has 0 fully saturated rings. The highest BCUT2D eigenvalue weighted by Crippen LogP contribution is 2.31. The minimum Gasteiger partial charge on any atom is -0.497 e. The topological polar surface area (TPSA) is 48.3 Å². The summed E-state index contributed by atoms with van der Waals surface area (Å²) >= 11 is 5.97. The summed E-state index contributed by atoms with van der Waals surface area (Å²) < 4.78 is 7.07. The van der Waals surface area contributed by atoms with Crippen LogP contribution in [-0.4, -0.2) is 23.4 Å². The summed E-state index contributed by atoms with van der Waals surface area (Å²) in [6.07, 6.45) is 1.95. The van der Waals surface area contributed by atoms with Crippen LogP contribution in [0.3, 0.4) is 0 Å². The van der Waals surface area contributed by atoms with Crippen LogP contribution in [0.4, 0.5) is 0 Å². The van der Waals surface area contributed by atoms with Gasteiger partial charge in [-0.2, -0.15) is 0 Å². The van der Waals surface area contributed by atoms with Crippen LogP contribution in [0.5, 0.6) is 5.75 Å². The third-order valence-corrected chi connectivity index (χ3v) is 5.88. The van der Waals surface area contributed by atoms with E-state index in [0.717, 1.165) is 35.0 Å². The Morgan fingerprint density at radius 2 is 1.72 bits per heavy atom. The lowest BCUT2D eigenvalue weighted by molar-refractivity contribution is -0.122. The maximum absolute atomic E-state index is 13.3. The van der Waals surface area contributed by atoms with E-state index >= 15 is 0 Å². The number of fused-ring (bicyclic) bond motifs is 1. The average Bonchev–Trinajstić information content (AvgIpc) is 2.99. The number of carbonyl (C=O) groups is 2. The van der Waals surface area contributed by atoms with Gasteiger partial charge < -0.3 is 4.74 Å². The molecule has 0 radical (unpaired) electrons. The number of methoxy groups -OCH3 is 1. The summed E-state index contributed by atoms with van der Waals surface area (Å²) in [5.41, 5.74) is 2.99. The Labute approximate surface area is 176 Å². The number of carbonyl (C=O) groups excluding carboxylic acids is 2. The maximum atomic E-state index is 13.3. The number of hydrogen-bond donors (Lipinski definition) is 0. The largest absolute Gasteiger partial charge is 0.497 e. The summed E-state index contributed by atoms with van der Waals surface area (Å²) in [6.45, 7) is 5.97. The van der Waals surface area contributed by atoms with E-state index in [9.17, 15) is 9.59 Å². The molecule has 152 valence electrons. The van der Waals surface area contributed by atoms with Gasteiger partial charge in [0.2, 0.25) is 0 Å². The lowest BCUT2D eigenvalue weighted by Crippen LogP contribution is -2.17. The van der Waals surface area contributed by atoms with Crippen molar-refractivity contribution >= 4 is 34.2 Å². The zero-order valence-corrected chi connectivity index (χ0v) is 18.0. The monoisotopic (exact) mass is 411 g/mol. The lowest BCUT2D eigenvalue weighted by atomic mass is 9.92. The van der Waals surface area contributed by atoms with Crippen LogP contribution in [-0.2, 0) is 11.2 Å². The average molecular weight is 412 g/mol. The first kappa shape index (κ1) is 21.1. The molecule has 0 saturated carbocycles. The van der Waals surface area contributed by atoms with E-state index < -0.39 is 0 Å². The zero-order valence-electron chi connectivity index (χ0n) is 17.3. The Bertz CT molecular complexity index is 1050. The quantitative estimate of drug-likeness (QED) is 0.490. The molecule has 0 unspecified atom stereocenters.